The number of carbonyl (C=O) groups is 1. The Morgan fingerprint density at radius 1 is 1.27 bits per heavy atom. The fourth-order valence-corrected chi connectivity index (χ4v) is 5.63. The molecule has 2 heterocycles. The van der Waals surface area contributed by atoms with Gasteiger partial charge in [0.25, 0.3) is 5.56 Å². The van der Waals surface area contributed by atoms with Crippen molar-refractivity contribution in [1.29, 1.82) is 0 Å². The molecule has 1 fully saturated rings. The Morgan fingerprint density at radius 3 is 2.67 bits per heavy atom. The standard InChI is InChI=1S/C21H20N2O5S2/c1-2-28-21(25)16-10-15(20(24)23-19(16)13-8-9-13)17-11-29-18(22-17)12-30(26,27)14-6-4-3-5-7-14/h3-7,10-11,13H,2,8-9,12H2,1H3,(H,23,24). The van der Waals surface area contributed by atoms with Gasteiger partial charge in [0.1, 0.15) is 10.8 Å². The molecule has 1 N–H and O–H groups in total. The van der Waals surface area contributed by atoms with Crippen LogP contribution in [0.5, 0.6) is 0 Å². The van der Waals surface area contributed by atoms with Gasteiger partial charge in [-0.1, -0.05) is 18.2 Å². The third kappa shape index (κ3) is 4.22. The third-order valence-corrected chi connectivity index (χ3v) is 7.47. The number of nitrogens with zero attached hydrogens (tertiary/aromatic N) is 1. The predicted octanol–water partition coefficient (Wildman–Crippen LogP) is 3.53. The van der Waals surface area contributed by atoms with Crippen LogP contribution in [0.25, 0.3) is 11.3 Å². The Morgan fingerprint density at radius 2 is 2.00 bits per heavy atom. The lowest BCUT2D eigenvalue weighted by Gasteiger charge is -2.09. The Hall–Kier alpha value is -2.78. The molecule has 1 aliphatic carbocycles. The molecule has 156 valence electrons. The number of rotatable bonds is 7. The number of esters is 1. The number of pyridine rings is 1. The van der Waals surface area contributed by atoms with E-state index in [1.807, 2.05) is 0 Å². The Kier molecular flexibility index (Phi) is 5.57. The number of H-pyrrole nitrogens is 1. The zero-order valence-electron chi connectivity index (χ0n) is 16.3. The molecular weight excluding hydrogens is 424 g/mol. The van der Waals surface area contributed by atoms with E-state index >= 15 is 0 Å². The zero-order chi connectivity index (χ0) is 21.3. The van der Waals surface area contributed by atoms with E-state index in [4.69, 9.17) is 4.74 Å². The number of carbonyl (C=O) groups excluding carboxylic acids is 1. The lowest BCUT2D eigenvalue weighted by molar-refractivity contribution is 0.0524. The number of nitrogens with one attached hydrogen (secondary N) is 1. The van der Waals surface area contributed by atoms with Gasteiger partial charge in [-0.2, -0.15) is 0 Å². The van der Waals surface area contributed by atoms with E-state index in [1.165, 1.54) is 18.2 Å². The van der Waals surface area contributed by atoms with E-state index in [1.54, 1.807) is 30.5 Å². The molecule has 0 amide bonds. The summed E-state index contributed by atoms with van der Waals surface area (Å²) in [7, 11) is -3.54. The summed E-state index contributed by atoms with van der Waals surface area (Å²) < 4.78 is 30.3. The first-order valence-electron chi connectivity index (χ1n) is 9.56. The van der Waals surface area contributed by atoms with Crippen LogP contribution in [0.3, 0.4) is 0 Å². The second-order valence-electron chi connectivity index (χ2n) is 7.03. The minimum atomic E-state index is -3.54. The Balaban J connectivity index is 1.67. The molecule has 0 aliphatic heterocycles. The van der Waals surface area contributed by atoms with Gasteiger partial charge >= 0.3 is 5.97 Å². The molecule has 1 aliphatic rings. The molecule has 4 rings (SSSR count). The maximum absolute atomic E-state index is 12.7. The molecule has 0 saturated heterocycles. The van der Waals surface area contributed by atoms with Gasteiger partial charge in [0.05, 0.1) is 28.3 Å². The highest BCUT2D eigenvalue weighted by Gasteiger charge is 2.31. The van der Waals surface area contributed by atoms with Crippen LogP contribution in [0.15, 0.2) is 51.5 Å². The first-order valence-corrected chi connectivity index (χ1v) is 12.1. The van der Waals surface area contributed by atoms with Crippen LogP contribution in [0, 0.1) is 0 Å². The van der Waals surface area contributed by atoms with Crippen LogP contribution >= 0.6 is 11.3 Å². The van der Waals surface area contributed by atoms with Crippen LogP contribution < -0.4 is 5.56 Å². The van der Waals surface area contributed by atoms with Crippen molar-refractivity contribution in [3.8, 4) is 11.3 Å². The summed E-state index contributed by atoms with van der Waals surface area (Å²) in [5.41, 5.74) is 1.15. The van der Waals surface area contributed by atoms with Crippen molar-refractivity contribution >= 4 is 27.1 Å². The van der Waals surface area contributed by atoms with E-state index in [2.05, 4.69) is 9.97 Å². The highest BCUT2D eigenvalue weighted by atomic mass is 32.2. The maximum atomic E-state index is 12.7. The summed E-state index contributed by atoms with van der Waals surface area (Å²) >= 11 is 1.16. The number of hydrogen-bond donors (Lipinski definition) is 1. The summed E-state index contributed by atoms with van der Waals surface area (Å²) in [6.45, 7) is 1.96. The number of sulfone groups is 1. The van der Waals surface area contributed by atoms with E-state index in [9.17, 15) is 18.0 Å². The summed E-state index contributed by atoms with van der Waals surface area (Å²) in [5, 5.41) is 2.00. The number of benzene rings is 1. The van der Waals surface area contributed by atoms with Crippen LogP contribution in [0.4, 0.5) is 0 Å². The molecule has 1 saturated carbocycles. The lowest BCUT2D eigenvalue weighted by Crippen LogP contribution is -2.18. The van der Waals surface area contributed by atoms with Crippen LogP contribution in [0.2, 0.25) is 0 Å². The Labute approximate surface area is 177 Å². The molecule has 0 bridgehead atoms. The minimum Gasteiger partial charge on any atom is -0.462 e. The Bertz CT molecular complexity index is 1240. The topological polar surface area (TPSA) is 106 Å². The van der Waals surface area contributed by atoms with Crippen molar-refractivity contribution in [2.75, 3.05) is 6.61 Å². The van der Waals surface area contributed by atoms with Crippen LogP contribution in [0.1, 0.15) is 46.7 Å². The molecule has 0 radical (unpaired) electrons. The average molecular weight is 445 g/mol. The molecule has 3 aromatic rings. The van der Waals surface area contributed by atoms with Gasteiger partial charge in [0, 0.05) is 17.0 Å². The van der Waals surface area contributed by atoms with Crippen molar-refractivity contribution in [2.45, 2.75) is 36.3 Å². The van der Waals surface area contributed by atoms with E-state index < -0.39 is 15.8 Å². The molecule has 7 nitrogen and oxygen atoms in total. The van der Waals surface area contributed by atoms with Gasteiger partial charge in [-0.05, 0) is 38.0 Å². The second-order valence-corrected chi connectivity index (χ2v) is 9.97. The first kappa shape index (κ1) is 20.5. The van der Waals surface area contributed by atoms with Gasteiger partial charge in [-0.25, -0.2) is 18.2 Å². The van der Waals surface area contributed by atoms with E-state index in [-0.39, 0.29) is 34.3 Å². The fraction of sp³-hybridized carbons (Fsp3) is 0.286. The van der Waals surface area contributed by atoms with Crippen molar-refractivity contribution in [3.05, 3.63) is 68.4 Å². The van der Waals surface area contributed by atoms with Crippen LogP contribution in [-0.4, -0.2) is 31.0 Å². The molecular formula is C21H20N2O5S2. The van der Waals surface area contributed by atoms with Gasteiger partial charge in [0.15, 0.2) is 9.84 Å². The largest absolute Gasteiger partial charge is 0.462 e. The highest BCUT2D eigenvalue weighted by molar-refractivity contribution is 7.90. The number of aromatic amines is 1. The fourth-order valence-electron chi connectivity index (χ4n) is 3.18. The molecule has 30 heavy (non-hydrogen) atoms. The van der Waals surface area contributed by atoms with Gasteiger partial charge in [-0.3, -0.25) is 4.79 Å². The predicted molar refractivity (Wildman–Crippen MR) is 113 cm³/mol. The molecule has 1 aromatic carbocycles. The summed E-state index contributed by atoms with van der Waals surface area (Å²) in [4.78, 5) is 32.5. The number of thiazole rings is 1. The van der Waals surface area contributed by atoms with Crippen LogP contribution in [-0.2, 0) is 20.3 Å². The second kappa shape index (κ2) is 8.16. The van der Waals surface area contributed by atoms with Crippen molar-refractivity contribution in [2.24, 2.45) is 0 Å². The van der Waals surface area contributed by atoms with E-state index in [0.29, 0.717) is 22.0 Å². The highest BCUT2D eigenvalue weighted by Crippen LogP contribution is 2.40. The van der Waals surface area contributed by atoms with Crippen molar-refractivity contribution in [1.82, 2.24) is 9.97 Å². The smallest absolute Gasteiger partial charge is 0.339 e. The molecule has 0 spiro atoms. The number of ether oxygens (including phenoxy) is 1. The van der Waals surface area contributed by atoms with E-state index in [0.717, 1.165) is 24.2 Å². The summed E-state index contributed by atoms with van der Waals surface area (Å²) in [6, 6.07) is 9.66. The van der Waals surface area contributed by atoms with Gasteiger partial charge in [-0.15, -0.1) is 11.3 Å². The lowest BCUT2D eigenvalue weighted by atomic mass is 10.1. The molecule has 0 atom stereocenters. The monoisotopic (exact) mass is 444 g/mol. The van der Waals surface area contributed by atoms with Crippen molar-refractivity contribution < 1.29 is 17.9 Å². The van der Waals surface area contributed by atoms with Gasteiger partial charge in [0.2, 0.25) is 0 Å². The summed E-state index contributed by atoms with van der Waals surface area (Å²) in [5.74, 6) is -0.586. The number of aromatic nitrogens is 2. The number of hydrogen-bond acceptors (Lipinski definition) is 7. The molecule has 2 aromatic heterocycles. The van der Waals surface area contributed by atoms with Gasteiger partial charge < -0.3 is 9.72 Å². The molecule has 9 heteroatoms. The normalized spacial score (nSPS) is 13.9. The third-order valence-electron chi connectivity index (χ3n) is 4.80. The maximum Gasteiger partial charge on any atom is 0.339 e. The SMILES string of the molecule is CCOC(=O)c1cc(-c2csc(CS(=O)(=O)c3ccccc3)n2)c(=O)[nH]c1C1CC1. The first-order chi connectivity index (χ1) is 14.4. The summed E-state index contributed by atoms with van der Waals surface area (Å²) in [6.07, 6.45) is 1.83. The quantitative estimate of drug-likeness (QED) is 0.559. The average Bonchev–Trinajstić information content (AvgIpc) is 3.48. The molecule has 0 unspecified atom stereocenters. The zero-order valence-corrected chi connectivity index (χ0v) is 17.9. The van der Waals surface area contributed by atoms with Crippen molar-refractivity contribution in [3.63, 3.8) is 0 Å². The minimum absolute atomic E-state index is 0.160.